The molecule has 0 amide bonds. The van der Waals surface area contributed by atoms with Crippen molar-refractivity contribution in [3.8, 4) is 0 Å². The molecule has 0 aromatic carbocycles. The van der Waals surface area contributed by atoms with Crippen LogP contribution in [0, 0.1) is 6.92 Å². The van der Waals surface area contributed by atoms with Gasteiger partial charge in [0, 0.05) is 36.9 Å². The summed E-state index contributed by atoms with van der Waals surface area (Å²) in [5.74, 6) is 0. The lowest BCUT2D eigenvalue weighted by molar-refractivity contribution is 0.659. The second kappa shape index (κ2) is 5.04. The van der Waals surface area contributed by atoms with Crippen LogP contribution in [0.25, 0.3) is 0 Å². The Morgan fingerprint density at radius 2 is 2.25 bits per heavy atom. The van der Waals surface area contributed by atoms with Crippen LogP contribution in [0.5, 0.6) is 0 Å². The van der Waals surface area contributed by atoms with Crippen LogP contribution in [-0.4, -0.2) is 4.57 Å². The van der Waals surface area contributed by atoms with E-state index in [1.807, 2.05) is 19.3 Å². The Morgan fingerprint density at radius 1 is 1.44 bits per heavy atom. The summed E-state index contributed by atoms with van der Waals surface area (Å²) in [7, 11) is 2.01. The summed E-state index contributed by atoms with van der Waals surface area (Å²) in [6, 6.07) is 4.15. The third kappa shape index (κ3) is 2.67. The molecular weight excluding hydrogens is 240 g/mol. The van der Waals surface area contributed by atoms with E-state index in [2.05, 4.69) is 28.3 Å². The van der Waals surface area contributed by atoms with Gasteiger partial charge in [0.05, 0.1) is 5.02 Å². The Kier molecular flexibility index (Phi) is 3.69. The van der Waals surface area contributed by atoms with Crippen LogP contribution >= 0.6 is 22.9 Å². The van der Waals surface area contributed by atoms with Gasteiger partial charge < -0.3 is 9.88 Å². The monoisotopic (exact) mass is 254 g/mol. The quantitative estimate of drug-likeness (QED) is 0.886. The molecule has 1 N–H and O–H groups in total. The second-order valence-corrected chi connectivity index (χ2v) is 5.33. The molecule has 16 heavy (non-hydrogen) atoms. The molecule has 2 aromatic rings. The SMILES string of the molecule is Cc1ccsc1CNCc1cc(Cl)cn1C. The molecule has 0 atom stereocenters. The van der Waals surface area contributed by atoms with Crippen LogP contribution < -0.4 is 5.32 Å². The Hall–Kier alpha value is -0.770. The normalized spacial score (nSPS) is 10.9. The van der Waals surface area contributed by atoms with Gasteiger partial charge in [-0.2, -0.15) is 0 Å². The molecular formula is C12H15ClN2S. The Labute approximate surface area is 105 Å². The van der Waals surface area contributed by atoms with E-state index in [4.69, 9.17) is 11.6 Å². The molecule has 0 saturated carbocycles. The predicted molar refractivity (Wildman–Crippen MR) is 70.0 cm³/mol. The van der Waals surface area contributed by atoms with Gasteiger partial charge in [-0.1, -0.05) is 11.6 Å². The Morgan fingerprint density at radius 3 is 2.81 bits per heavy atom. The van der Waals surface area contributed by atoms with Crippen molar-refractivity contribution in [3.05, 3.63) is 44.9 Å². The zero-order valence-corrected chi connectivity index (χ0v) is 11.0. The van der Waals surface area contributed by atoms with E-state index >= 15 is 0 Å². The molecule has 0 saturated heterocycles. The predicted octanol–water partition coefficient (Wildman–Crippen LogP) is 3.34. The lowest BCUT2D eigenvalue weighted by atomic mass is 10.3. The molecule has 2 heterocycles. The topological polar surface area (TPSA) is 17.0 Å². The number of halogens is 1. The van der Waals surface area contributed by atoms with E-state index in [-0.39, 0.29) is 0 Å². The molecule has 0 unspecified atom stereocenters. The molecule has 4 heteroatoms. The summed E-state index contributed by atoms with van der Waals surface area (Å²) in [5, 5.41) is 6.36. The first-order chi connectivity index (χ1) is 7.66. The highest BCUT2D eigenvalue weighted by molar-refractivity contribution is 7.10. The van der Waals surface area contributed by atoms with Crippen LogP contribution in [0.2, 0.25) is 5.02 Å². The molecule has 0 aliphatic carbocycles. The van der Waals surface area contributed by atoms with Crippen molar-refractivity contribution in [1.82, 2.24) is 9.88 Å². The van der Waals surface area contributed by atoms with Gasteiger partial charge in [0.25, 0.3) is 0 Å². The first-order valence-electron chi connectivity index (χ1n) is 5.21. The molecule has 2 rings (SSSR count). The minimum atomic E-state index is 0.798. The van der Waals surface area contributed by atoms with E-state index in [0.717, 1.165) is 18.1 Å². The maximum atomic E-state index is 5.92. The van der Waals surface area contributed by atoms with Crippen LogP contribution in [0.3, 0.4) is 0 Å². The molecule has 2 nitrogen and oxygen atoms in total. The molecule has 0 bridgehead atoms. The molecule has 2 aromatic heterocycles. The fourth-order valence-corrected chi connectivity index (χ4v) is 2.78. The number of hydrogen-bond donors (Lipinski definition) is 1. The average molecular weight is 255 g/mol. The largest absolute Gasteiger partial charge is 0.352 e. The van der Waals surface area contributed by atoms with E-state index in [0.29, 0.717) is 0 Å². The Bertz CT molecular complexity index is 473. The van der Waals surface area contributed by atoms with Crippen molar-refractivity contribution < 1.29 is 0 Å². The maximum Gasteiger partial charge on any atom is 0.0585 e. The lowest BCUT2D eigenvalue weighted by Crippen LogP contribution is -2.14. The van der Waals surface area contributed by atoms with E-state index < -0.39 is 0 Å². The fraction of sp³-hybridized carbons (Fsp3) is 0.333. The number of nitrogens with one attached hydrogen (secondary N) is 1. The first kappa shape index (κ1) is 11.7. The molecule has 0 aliphatic heterocycles. The number of aromatic nitrogens is 1. The highest BCUT2D eigenvalue weighted by Crippen LogP contribution is 2.16. The minimum Gasteiger partial charge on any atom is -0.352 e. The van der Waals surface area contributed by atoms with Crippen LogP contribution in [0.1, 0.15) is 16.1 Å². The van der Waals surface area contributed by atoms with Gasteiger partial charge in [-0.3, -0.25) is 0 Å². The van der Waals surface area contributed by atoms with Crippen molar-refractivity contribution in [2.24, 2.45) is 7.05 Å². The highest BCUT2D eigenvalue weighted by Gasteiger charge is 2.02. The van der Waals surface area contributed by atoms with E-state index in [1.54, 1.807) is 11.3 Å². The van der Waals surface area contributed by atoms with Crippen molar-refractivity contribution in [1.29, 1.82) is 0 Å². The van der Waals surface area contributed by atoms with Gasteiger partial charge in [-0.05, 0) is 30.0 Å². The summed E-state index contributed by atoms with van der Waals surface area (Å²) >= 11 is 7.72. The van der Waals surface area contributed by atoms with Crippen LogP contribution in [0.4, 0.5) is 0 Å². The van der Waals surface area contributed by atoms with Gasteiger partial charge in [0.2, 0.25) is 0 Å². The zero-order valence-electron chi connectivity index (χ0n) is 9.46. The van der Waals surface area contributed by atoms with Crippen LogP contribution in [-0.2, 0) is 20.1 Å². The van der Waals surface area contributed by atoms with Crippen molar-refractivity contribution in [2.75, 3.05) is 0 Å². The fourth-order valence-electron chi connectivity index (χ4n) is 1.63. The smallest absolute Gasteiger partial charge is 0.0585 e. The molecule has 0 spiro atoms. The van der Waals surface area contributed by atoms with Crippen molar-refractivity contribution in [3.63, 3.8) is 0 Å². The van der Waals surface area contributed by atoms with Gasteiger partial charge in [0.15, 0.2) is 0 Å². The second-order valence-electron chi connectivity index (χ2n) is 3.89. The van der Waals surface area contributed by atoms with E-state index in [9.17, 15) is 0 Å². The van der Waals surface area contributed by atoms with Gasteiger partial charge in [-0.25, -0.2) is 0 Å². The summed E-state index contributed by atoms with van der Waals surface area (Å²) < 4.78 is 2.05. The van der Waals surface area contributed by atoms with Gasteiger partial charge in [-0.15, -0.1) is 11.3 Å². The molecule has 0 aliphatic rings. The summed E-state index contributed by atoms with van der Waals surface area (Å²) in [6.45, 7) is 3.92. The number of nitrogens with zero attached hydrogens (tertiary/aromatic N) is 1. The first-order valence-corrected chi connectivity index (χ1v) is 6.47. The standard InChI is InChI=1S/C12H15ClN2S/c1-9-3-4-16-12(9)7-14-6-11-5-10(13)8-15(11)2/h3-5,8,14H,6-7H2,1-2H3. The zero-order chi connectivity index (χ0) is 11.5. The Balaban J connectivity index is 1.89. The lowest BCUT2D eigenvalue weighted by Gasteiger charge is -2.05. The van der Waals surface area contributed by atoms with Crippen molar-refractivity contribution in [2.45, 2.75) is 20.0 Å². The van der Waals surface area contributed by atoms with Crippen LogP contribution in [0.15, 0.2) is 23.7 Å². The minimum absolute atomic E-state index is 0.798. The summed E-state index contributed by atoms with van der Waals surface area (Å²) in [5.41, 5.74) is 2.57. The third-order valence-electron chi connectivity index (χ3n) is 2.63. The number of thiophene rings is 1. The van der Waals surface area contributed by atoms with Gasteiger partial charge >= 0.3 is 0 Å². The number of aryl methyl sites for hydroxylation is 2. The maximum absolute atomic E-state index is 5.92. The summed E-state index contributed by atoms with van der Waals surface area (Å²) in [6.07, 6.45) is 1.93. The molecule has 86 valence electrons. The number of hydrogen-bond acceptors (Lipinski definition) is 2. The van der Waals surface area contributed by atoms with E-state index in [1.165, 1.54) is 16.1 Å². The molecule has 0 radical (unpaired) electrons. The van der Waals surface area contributed by atoms with Crippen molar-refractivity contribution >= 4 is 22.9 Å². The third-order valence-corrected chi connectivity index (χ3v) is 3.86. The molecule has 0 fully saturated rings. The number of rotatable bonds is 4. The average Bonchev–Trinajstić information content (AvgIpc) is 2.75. The highest BCUT2D eigenvalue weighted by atomic mass is 35.5. The van der Waals surface area contributed by atoms with Gasteiger partial charge in [0.1, 0.15) is 0 Å². The summed E-state index contributed by atoms with van der Waals surface area (Å²) in [4.78, 5) is 1.40.